The Kier molecular flexibility index (Phi) is 17.1. The summed E-state index contributed by atoms with van der Waals surface area (Å²) >= 11 is 0. The van der Waals surface area contributed by atoms with E-state index in [1.807, 2.05) is 0 Å². The van der Waals surface area contributed by atoms with Gasteiger partial charge in [0.2, 0.25) is 0 Å². The molecule has 0 aliphatic carbocycles. The van der Waals surface area contributed by atoms with Gasteiger partial charge in [-0.15, -0.1) is 0 Å². The van der Waals surface area contributed by atoms with E-state index in [1.165, 1.54) is 12.1 Å². The Hall–Kier alpha value is -0.488. The molecule has 0 aliphatic heterocycles. The van der Waals surface area contributed by atoms with Crippen molar-refractivity contribution in [1.29, 1.82) is 10.5 Å². The van der Waals surface area contributed by atoms with Crippen molar-refractivity contribution in [2.75, 3.05) is 0 Å². The molecule has 0 N–H and O–H groups in total. The van der Waals surface area contributed by atoms with Crippen molar-refractivity contribution >= 4 is 0 Å². The van der Waals surface area contributed by atoms with Gasteiger partial charge in [0.15, 0.2) is 12.1 Å². The molecule has 0 spiro atoms. The molecule has 0 heterocycles. The fourth-order valence-electron chi connectivity index (χ4n) is 0. The molecular weight excluding hydrogens is 104 g/mol. The fourth-order valence-corrected chi connectivity index (χ4v) is 0. The number of nitrogens with zero attached hydrogens (tertiary/aromatic N) is 2. The molecule has 0 saturated carbocycles. The van der Waals surface area contributed by atoms with Crippen LogP contribution >= 0.6 is 0 Å². The summed E-state index contributed by atoms with van der Waals surface area (Å²) in [7, 11) is 0. The van der Waals surface area contributed by atoms with E-state index in [-0.39, 0.29) is 17.4 Å². The van der Waals surface area contributed by atoms with Gasteiger partial charge in [0, 0.05) is 0 Å². The van der Waals surface area contributed by atoms with Crippen LogP contribution in [0.4, 0.5) is 0 Å². The normalized spacial score (nSPS) is 2.00. The quantitative estimate of drug-likeness (QED) is 0.435. The minimum atomic E-state index is 0. The molecule has 0 amide bonds. The molecule has 0 bridgehead atoms. The van der Waals surface area contributed by atoms with E-state index in [0.29, 0.717) is 0 Å². The van der Waals surface area contributed by atoms with Crippen molar-refractivity contribution in [1.82, 2.24) is 0 Å². The Morgan fingerprint density at radius 2 is 1.20 bits per heavy atom. The topological polar surface area (TPSA) is 47.6 Å². The first kappa shape index (κ1) is 8.82. The van der Waals surface area contributed by atoms with Gasteiger partial charge in [0.05, 0.1) is 0 Å². The van der Waals surface area contributed by atoms with Gasteiger partial charge in [0.25, 0.3) is 0 Å². The number of rotatable bonds is 0. The first-order chi connectivity index (χ1) is 1.91. The van der Waals surface area contributed by atoms with Gasteiger partial charge in [-0.1, -0.05) is 0 Å². The predicted octanol–water partition coefficient (Wildman–Crippen LogP) is 0.0311. The van der Waals surface area contributed by atoms with Gasteiger partial charge in [-0.05, 0) is 0 Å². The monoisotopic (exact) mass is 104 g/mol. The van der Waals surface area contributed by atoms with Crippen LogP contribution in [-0.4, -0.2) is 0 Å². The molecule has 0 aliphatic rings. The van der Waals surface area contributed by atoms with Crippen LogP contribution in [0.25, 0.3) is 0 Å². The van der Waals surface area contributed by atoms with Gasteiger partial charge < -0.3 is 0 Å². The summed E-state index contributed by atoms with van der Waals surface area (Å²) in [6.07, 6.45) is 0. The molecule has 0 aromatic heterocycles. The minimum Gasteiger partial charge on any atom is -0.181 e. The van der Waals surface area contributed by atoms with Gasteiger partial charge in [-0.3, -0.25) is 0 Å². The Morgan fingerprint density at radius 1 is 1.00 bits per heavy atom. The van der Waals surface area contributed by atoms with E-state index in [2.05, 4.69) is 0 Å². The van der Waals surface area contributed by atoms with E-state index in [1.54, 1.807) is 0 Å². The number of hydrogen-bond donors (Lipinski definition) is 0. The van der Waals surface area contributed by atoms with Crippen LogP contribution in [0.1, 0.15) is 0 Å². The fraction of sp³-hybridized carbons (Fsp3) is 0. The molecular formula is C2CrN2+2. The average molecular weight is 104 g/mol. The van der Waals surface area contributed by atoms with Crippen molar-refractivity contribution in [2.24, 2.45) is 0 Å². The number of hydrogen-bond acceptors (Lipinski definition) is 2. The number of nitriles is 2. The zero-order valence-electron chi connectivity index (χ0n) is 2.30. The molecule has 0 aromatic carbocycles. The Bertz CT molecular complexity index is 62.6. The maximum atomic E-state index is 7.26. The third-order valence-corrected chi connectivity index (χ3v) is 0.0500. The smallest absolute Gasteiger partial charge is 0.181 e. The summed E-state index contributed by atoms with van der Waals surface area (Å²) in [5.74, 6) is 0. The van der Waals surface area contributed by atoms with Crippen molar-refractivity contribution in [3.63, 3.8) is 0 Å². The van der Waals surface area contributed by atoms with Crippen LogP contribution in [-0.2, 0) is 17.4 Å². The second-order valence-corrected chi connectivity index (χ2v) is 0.224. The van der Waals surface area contributed by atoms with E-state index in [4.69, 9.17) is 10.5 Å². The van der Waals surface area contributed by atoms with Crippen LogP contribution in [0.15, 0.2) is 0 Å². The molecule has 3 heteroatoms. The minimum absolute atomic E-state index is 0. The molecule has 0 radical (unpaired) electrons. The summed E-state index contributed by atoms with van der Waals surface area (Å²) in [6.45, 7) is 0. The third-order valence-electron chi connectivity index (χ3n) is 0.0500. The second-order valence-electron chi connectivity index (χ2n) is 0.224. The van der Waals surface area contributed by atoms with Gasteiger partial charge in [-0.2, -0.15) is 10.5 Å². The Morgan fingerprint density at radius 3 is 1.20 bits per heavy atom. The zero-order chi connectivity index (χ0) is 3.41. The molecule has 0 fully saturated rings. The van der Waals surface area contributed by atoms with Crippen LogP contribution in [0.2, 0.25) is 0 Å². The van der Waals surface area contributed by atoms with Crippen LogP contribution in [0.3, 0.4) is 0 Å². The first-order valence-electron chi connectivity index (χ1n) is 0.697. The average Bonchev–Trinajstić information content (AvgIpc) is 1.37. The predicted molar refractivity (Wildman–Crippen MR) is 11.2 cm³/mol. The second kappa shape index (κ2) is 9.69. The van der Waals surface area contributed by atoms with E-state index >= 15 is 0 Å². The molecule has 0 saturated heterocycles. The van der Waals surface area contributed by atoms with Crippen molar-refractivity contribution in [2.45, 2.75) is 0 Å². The molecule has 22 valence electrons. The van der Waals surface area contributed by atoms with E-state index in [0.717, 1.165) is 0 Å². The maximum Gasteiger partial charge on any atom is 2.00 e. The molecule has 0 unspecified atom stereocenters. The van der Waals surface area contributed by atoms with Gasteiger partial charge >= 0.3 is 17.4 Å². The van der Waals surface area contributed by atoms with Gasteiger partial charge in [0.1, 0.15) is 0 Å². The Balaban J connectivity index is 0. The summed E-state index contributed by atoms with van der Waals surface area (Å²) in [6, 6.07) is 2.47. The van der Waals surface area contributed by atoms with E-state index < -0.39 is 0 Å². The standard InChI is InChI=1S/C2N2.Cr/c3-1-2-4;/q;+2. The largest absolute Gasteiger partial charge is 2.00 e. The molecule has 0 aromatic rings. The first-order valence-corrected chi connectivity index (χ1v) is 0.697. The van der Waals surface area contributed by atoms with Crippen LogP contribution in [0.5, 0.6) is 0 Å². The summed E-state index contributed by atoms with van der Waals surface area (Å²) in [5, 5.41) is 14.5. The molecule has 5 heavy (non-hydrogen) atoms. The Labute approximate surface area is 40.8 Å². The van der Waals surface area contributed by atoms with Crippen molar-refractivity contribution in [3.8, 4) is 12.1 Å². The molecule has 2 nitrogen and oxygen atoms in total. The SMILES string of the molecule is N#CC#N.[Cr+2]. The summed E-state index contributed by atoms with van der Waals surface area (Å²) in [4.78, 5) is 0. The summed E-state index contributed by atoms with van der Waals surface area (Å²) < 4.78 is 0. The van der Waals surface area contributed by atoms with Gasteiger partial charge in [-0.25, -0.2) is 0 Å². The summed E-state index contributed by atoms with van der Waals surface area (Å²) in [5.41, 5.74) is 0. The van der Waals surface area contributed by atoms with Crippen LogP contribution < -0.4 is 0 Å². The van der Waals surface area contributed by atoms with Crippen molar-refractivity contribution < 1.29 is 17.4 Å². The third kappa shape index (κ3) is 30.6. The van der Waals surface area contributed by atoms with E-state index in [9.17, 15) is 0 Å². The molecule has 0 atom stereocenters. The van der Waals surface area contributed by atoms with Crippen LogP contribution in [0, 0.1) is 22.7 Å². The van der Waals surface area contributed by atoms with Crippen molar-refractivity contribution in [3.05, 3.63) is 0 Å². The zero-order valence-corrected chi connectivity index (χ0v) is 3.58. The molecule has 0 rings (SSSR count). The maximum absolute atomic E-state index is 7.26.